The summed E-state index contributed by atoms with van der Waals surface area (Å²) >= 11 is 0. The van der Waals surface area contributed by atoms with Gasteiger partial charge in [-0.1, -0.05) is 48.5 Å². The van der Waals surface area contributed by atoms with Gasteiger partial charge >= 0.3 is 0 Å². The summed E-state index contributed by atoms with van der Waals surface area (Å²) in [5.74, 6) is 0.204. The highest BCUT2D eigenvalue weighted by molar-refractivity contribution is 6.01. The summed E-state index contributed by atoms with van der Waals surface area (Å²) < 4.78 is 6.21. The van der Waals surface area contributed by atoms with E-state index in [0.717, 1.165) is 49.0 Å². The second-order valence-electron chi connectivity index (χ2n) is 8.58. The van der Waals surface area contributed by atoms with Crippen molar-refractivity contribution in [1.82, 2.24) is 0 Å². The molecule has 0 bridgehead atoms. The van der Waals surface area contributed by atoms with Crippen molar-refractivity contribution in [1.29, 1.82) is 0 Å². The average molecular weight is 444 g/mol. The van der Waals surface area contributed by atoms with Gasteiger partial charge in [-0.15, -0.1) is 0 Å². The van der Waals surface area contributed by atoms with Crippen LogP contribution in [0.3, 0.4) is 0 Å². The number of hydrogen-bond donors (Lipinski definition) is 2. The topological polar surface area (TPSA) is 75.6 Å². The summed E-state index contributed by atoms with van der Waals surface area (Å²) in [5.41, 5.74) is 3.81. The quantitative estimate of drug-likeness (QED) is 0.356. The number of benzene rings is 3. The van der Waals surface area contributed by atoms with Gasteiger partial charge in [-0.05, 0) is 73.9 Å². The number of carbonyl (C=O) groups excluding carboxylic acids is 2. The molecule has 0 aromatic heterocycles. The third kappa shape index (κ3) is 5.80. The number of para-hydroxylation sites is 1. The molecule has 1 aliphatic heterocycles. The largest absolute Gasteiger partial charge is 0.505 e. The zero-order chi connectivity index (χ0) is 23.2. The Hall–Kier alpha value is -3.60. The highest BCUT2D eigenvalue weighted by atomic mass is 16.5. The number of amides is 1. The minimum atomic E-state index is -0.253. The molecule has 1 aliphatic rings. The second-order valence-corrected chi connectivity index (χ2v) is 8.58. The van der Waals surface area contributed by atoms with Crippen molar-refractivity contribution in [3.8, 4) is 11.5 Å². The summed E-state index contributed by atoms with van der Waals surface area (Å²) in [6, 6.07) is 21.2. The molecule has 3 aromatic rings. The molecule has 1 atom stereocenters. The maximum Gasteiger partial charge on any atom is 0.228 e. The Morgan fingerprint density at radius 3 is 2.64 bits per heavy atom. The molecule has 3 aromatic carbocycles. The molecule has 1 unspecified atom stereocenters. The van der Waals surface area contributed by atoms with Crippen LogP contribution in [-0.4, -0.2) is 22.9 Å². The Kier molecular flexibility index (Phi) is 7.08. The molecule has 4 rings (SSSR count). The fourth-order valence-electron chi connectivity index (χ4n) is 4.30. The summed E-state index contributed by atoms with van der Waals surface area (Å²) in [4.78, 5) is 24.1. The van der Waals surface area contributed by atoms with Crippen LogP contribution in [0.5, 0.6) is 11.5 Å². The molecule has 1 amide bonds. The summed E-state index contributed by atoms with van der Waals surface area (Å²) in [5, 5.41) is 12.9. The van der Waals surface area contributed by atoms with Crippen molar-refractivity contribution in [3.05, 3.63) is 89.0 Å². The summed E-state index contributed by atoms with van der Waals surface area (Å²) in [7, 11) is 0. The number of aromatic hydroxyl groups is 1. The predicted molar refractivity (Wildman–Crippen MR) is 129 cm³/mol. The Labute approximate surface area is 194 Å². The van der Waals surface area contributed by atoms with Crippen LogP contribution in [0.25, 0.3) is 0 Å². The third-order valence-electron chi connectivity index (χ3n) is 6.04. The van der Waals surface area contributed by atoms with Gasteiger partial charge in [0.25, 0.3) is 0 Å². The Morgan fingerprint density at radius 1 is 1.03 bits per heavy atom. The molecule has 0 saturated heterocycles. The van der Waals surface area contributed by atoms with Gasteiger partial charge in [0.05, 0.1) is 23.8 Å². The number of ether oxygens (including phenoxy) is 1. The third-order valence-corrected chi connectivity index (χ3v) is 6.04. The Morgan fingerprint density at radius 2 is 1.85 bits per heavy atom. The first-order chi connectivity index (χ1) is 16.0. The van der Waals surface area contributed by atoms with Crippen LogP contribution in [-0.2, 0) is 24.1 Å². The number of phenolic OH excluding ortho intramolecular Hbond substituents is 1. The molecule has 170 valence electrons. The van der Waals surface area contributed by atoms with Gasteiger partial charge in [0.1, 0.15) is 11.5 Å². The molecule has 0 fully saturated rings. The standard InChI is InChI=1S/C28H29NO4/c1-19(30)24-11-6-12-25(28(24)32)29-27(31)18-21-13-16-26-22(17-21)14-15-23(33-26)10-5-9-20-7-3-2-4-8-20/h2-4,6-8,11-13,16-17,23,32H,5,9-10,14-15,18H2,1H3,(H,29,31). The average Bonchev–Trinajstić information content (AvgIpc) is 2.81. The van der Waals surface area contributed by atoms with E-state index in [0.29, 0.717) is 0 Å². The van der Waals surface area contributed by atoms with Gasteiger partial charge in [-0.2, -0.15) is 0 Å². The highest BCUT2D eigenvalue weighted by Gasteiger charge is 2.20. The van der Waals surface area contributed by atoms with E-state index in [1.807, 2.05) is 24.3 Å². The second kappa shape index (κ2) is 10.3. The fourth-order valence-corrected chi connectivity index (χ4v) is 4.30. The van der Waals surface area contributed by atoms with Crippen molar-refractivity contribution >= 4 is 17.4 Å². The fraction of sp³-hybridized carbons (Fsp3) is 0.286. The van der Waals surface area contributed by atoms with E-state index in [1.54, 1.807) is 12.1 Å². The normalized spacial score (nSPS) is 14.8. The van der Waals surface area contributed by atoms with Crippen molar-refractivity contribution in [3.63, 3.8) is 0 Å². The van der Waals surface area contributed by atoms with Crippen molar-refractivity contribution in [2.75, 3.05) is 5.32 Å². The number of phenols is 1. The van der Waals surface area contributed by atoms with Crippen LogP contribution in [0.15, 0.2) is 66.7 Å². The van der Waals surface area contributed by atoms with E-state index in [1.165, 1.54) is 18.6 Å². The minimum absolute atomic E-state index is 0.178. The maximum absolute atomic E-state index is 12.5. The van der Waals surface area contributed by atoms with E-state index < -0.39 is 0 Å². The molecule has 0 saturated carbocycles. The maximum atomic E-state index is 12.5. The van der Waals surface area contributed by atoms with Crippen LogP contribution in [0.2, 0.25) is 0 Å². The van der Waals surface area contributed by atoms with Crippen LogP contribution in [0, 0.1) is 0 Å². The molecular formula is C28H29NO4. The van der Waals surface area contributed by atoms with Crippen molar-refractivity contribution < 1.29 is 19.4 Å². The number of hydrogen-bond acceptors (Lipinski definition) is 4. The van der Waals surface area contributed by atoms with Gasteiger partial charge in [0, 0.05) is 0 Å². The van der Waals surface area contributed by atoms with E-state index in [2.05, 4.69) is 29.6 Å². The molecule has 0 aliphatic carbocycles. The molecular weight excluding hydrogens is 414 g/mol. The van der Waals surface area contributed by atoms with E-state index in [-0.39, 0.29) is 41.2 Å². The summed E-state index contributed by atoms with van der Waals surface area (Å²) in [6.45, 7) is 1.38. The zero-order valence-corrected chi connectivity index (χ0v) is 18.8. The van der Waals surface area contributed by atoms with E-state index in [4.69, 9.17) is 4.74 Å². The lowest BCUT2D eigenvalue weighted by molar-refractivity contribution is -0.115. The van der Waals surface area contributed by atoms with Gasteiger partial charge in [-0.3, -0.25) is 9.59 Å². The molecule has 2 N–H and O–H groups in total. The number of anilines is 1. The van der Waals surface area contributed by atoms with Gasteiger partial charge in [0.15, 0.2) is 5.78 Å². The number of Topliss-reactive ketones (excluding diaryl/α,β-unsaturated/α-hetero) is 1. The number of nitrogens with one attached hydrogen (secondary N) is 1. The lowest BCUT2D eigenvalue weighted by Crippen LogP contribution is -2.23. The summed E-state index contributed by atoms with van der Waals surface area (Å²) in [6.07, 6.45) is 5.50. The zero-order valence-electron chi connectivity index (χ0n) is 18.8. The van der Waals surface area contributed by atoms with Crippen LogP contribution in [0.4, 0.5) is 5.69 Å². The lowest BCUT2D eigenvalue weighted by Gasteiger charge is -2.26. The van der Waals surface area contributed by atoms with Crippen LogP contribution >= 0.6 is 0 Å². The minimum Gasteiger partial charge on any atom is -0.505 e. The Bertz CT molecular complexity index is 1140. The van der Waals surface area contributed by atoms with Crippen molar-refractivity contribution in [2.45, 2.75) is 51.6 Å². The lowest BCUT2D eigenvalue weighted by atomic mass is 9.96. The highest BCUT2D eigenvalue weighted by Crippen LogP contribution is 2.31. The first-order valence-electron chi connectivity index (χ1n) is 11.4. The van der Waals surface area contributed by atoms with E-state index in [9.17, 15) is 14.7 Å². The number of fused-ring (bicyclic) bond motifs is 1. The number of aryl methyl sites for hydroxylation is 2. The molecule has 5 heteroatoms. The monoisotopic (exact) mass is 443 g/mol. The first kappa shape index (κ1) is 22.6. The first-order valence-corrected chi connectivity index (χ1v) is 11.4. The molecule has 5 nitrogen and oxygen atoms in total. The molecule has 1 heterocycles. The van der Waals surface area contributed by atoms with Crippen molar-refractivity contribution in [2.24, 2.45) is 0 Å². The number of ketones is 1. The molecule has 0 spiro atoms. The molecule has 33 heavy (non-hydrogen) atoms. The SMILES string of the molecule is CC(=O)c1cccc(NC(=O)Cc2ccc3c(c2)CCC(CCCc2ccccc2)O3)c1O. The predicted octanol–water partition coefficient (Wildman–Crippen LogP) is 5.49. The molecule has 0 radical (unpaired) electrons. The van der Waals surface area contributed by atoms with Gasteiger partial charge in [-0.25, -0.2) is 0 Å². The van der Waals surface area contributed by atoms with Crippen LogP contribution in [0.1, 0.15) is 53.2 Å². The van der Waals surface area contributed by atoms with Gasteiger partial charge in [0.2, 0.25) is 5.91 Å². The smallest absolute Gasteiger partial charge is 0.228 e. The number of carbonyl (C=O) groups is 2. The van der Waals surface area contributed by atoms with Crippen LogP contribution < -0.4 is 10.1 Å². The van der Waals surface area contributed by atoms with E-state index >= 15 is 0 Å². The van der Waals surface area contributed by atoms with Gasteiger partial charge < -0.3 is 15.2 Å². The number of rotatable bonds is 8. The Balaban J connectivity index is 1.31.